The molecule has 5 N–H and O–H groups in total. The number of hydrogen-bond acceptors (Lipinski definition) is 9. The van der Waals surface area contributed by atoms with Gasteiger partial charge >= 0.3 is 0 Å². The van der Waals surface area contributed by atoms with Crippen LogP contribution in [-0.2, 0) is 0 Å². The third-order valence-corrected chi connectivity index (χ3v) is 6.51. The standard InChI is InChI=1S/C26H29FN8O3/c1-37-22-8-7-17(11-23(22)38-2)31-20-12-24(32-16-5-3-15(28)4-6-16)34-35-21(14-30-25(20)35)26(36)33-19-9-10-29-13-18(19)27/h7-16,31H,3-6,28H2,1-2H3,(H,32,34)(H,29,33,36)/t15-,16-. The second-order valence-corrected chi connectivity index (χ2v) is 9.08. The number of carbonyl (C=O) groups excluding carboxylic acids is 1. The second-order valence-electron chi connectivity index (χ2n) is 9.08. The highest BCUT2D eigenvalue weighted by molar-refractivity contribution is 6.03. The van der Waals surface area contributed by atoms with Gasteiger partial charge < -0.3 is 31.2 Å². The van der Waals surface area contributed by atoms with Crippen LogP contribution in [0, 0.1) is 5.82 Å². The Morgan fingerprint density at radius 3 is 2.58 bits per heavy atom. The van der Waals surface area contributed by atoms with Crippen molar-refractivity contribution in [3.8, 4) is 11.5 Å². The zero-order valence-corrected chi connectivity index (χ0v) is 21.1. The lowest BCUT2D eigenvalue weighted by atomic mass is 9.92. The van der Waals surface area contributed by atoms with Crippen LogP contribution in [0.25, 0.3) is 5.65 Å². The first-order valence-electron chi connectivity index (χ1n) is 12.3. The van der Waals surface area contributed by atoms with Crippen molar-refractivity contribution in [1.82, 2.24) is 19.6 Å². The number of pyridine rings is 1. The lowest BCUT2D eigenvalue weighted by Crippen LogP contribution is -2.33. The van der Waals surface area contributed by atoms with Gasteiger partial charge in [-0.3, -0.25) is 9.78 Å². The van der Waals surface area contributed by atoms with Gasteiger partial charge in [0.2, 0.25) is 0 Å². The molecular weight excluding hydrogens is 491 g/mol. The molecule has 11 nitrogen and oxygen atoms in total. The van der Waals surface area contributed by atoms with Crippen LogP contribution in [0.3, 0.4) is 0 Å². The molecular formula is C26H29FN8O3. The largest absolute Gasteiger partial charge is 0.493 e. The Hall–Kier alpha value is -4.45. The summed E-state index contributed by atoms with van der Waals surface area (Å²) in [6.45, 7) is 0. The average Bonchev–Trinajstić information content (AvgIpc) is 3.35. The van der Waals surface area contributed by atoms with Crippen LogP contribution < -0.4 is 31.2 Å². The number of benzene rings is 1. The summed E-state index contributed by atoms with van der Waals surface area (Å²) in [5.74, 6) is 0.508. The molecule has 3 heterocycles. The van der Waals surface area contributed by atoms with Crippen LogP contribution in [0.5, 0.6) is 11.5 Å². The molecule has 198 valence electrons. The van der Waals surface area contributed by atoms with Crippen LogP contribution >= 0.6 is 0 Å². The van der Waals surface area contributed by atoms with E-state index in [9.17, 15) is 9.18 Å². The van der Waals surface area contributed by atoms with Crippen molar-refractivity contribution in [2.45, 2.75) is 37.8 Å². The number of halogens is 1. The molecule has 0 bridgehead atoms. The minimum Gasteiger partial charge on any atom is -0.493 e. The molecule has 1 aromatic carbocycles. The van der Waals surface area contributed by atoms with Crippen molar-refractivity contribution in [1.29, 1.82) is 0 Å². The number of rotatable bonds is 8. The normalized spacial score (nSPS) is 17.2. The molecule has 1 aliphatic rings. The van der Waals surface area contributed by atoms with Gasteiger partial charge in [0, 0.05) is 36.1 Å². The van der Waals surface area contributed by atoms with Crippen molar-refractivity contribution in [2.24, 2.45) is 5.73 Å². The van der Waals surface area contributed by atoms with Gasteiger partial charge in [-0.1, -0.05) is 0 Å². The van der Waals surface area contributed by atoms with Gasteiger partial charge in [0.25, 0.3) is 5.91 Å². The first kappa shape index (κ1) is 25.2. The number of nitrogens with zero attached hydrogens (tertiary/aromatic N) is 4. The smallest absolute Gasteiger partial charge is 0.276 e. The second kappa shape index (κ2) is 10.9. The monoisotopic (exact) mass is 520 g/mol. The Morgan fingerprint density at radius 1 is 1.05 bits per heavy atom. The van der Waals surface area contributed by atoms with E-state index >= 15 is 0 Å². The van der Waals surface area contributed by atoms with Gasteiger partial charge in [-0.15, -0.1) is 5.10 Å². The molecule has 0 radical (unpaired) electrons. The zero-order chi connectivity index (χ0) is 26.6. The molecule has 0 unspecified atom stereocenters. The van der Waals surface area contributed by atoms with E-state index in [1.807, 2.05) is 12.1 Å². The molecule has 1 amide bonds. The number of fused-ring (bicyclic) bond motifs is 1. The Kier molecular flexibility index (Phi) is 7.22. The molecule has 1 fully saturated rings. The van der Waals surface area contributed by atoms with Crippen LogP contribution in [-0.4, -0.2) is 51.8 Å². The van der Waals surface area contributed by atoms with E-state index in [0.717, 1.165) is 37.6 Å². The molecule has 38 heavy (non-hydrogen) atoms. The molecule has 0 aliphatic heterocycles. The fraction of sp³-hybridized carbons (Fsp3) is 0.308. The lowest BCUT2D eigenvalue weighted by molar-refractivity contribution is 0.102. The van der Waals surface area contributed by atoms with Crippen LogP contribution in [0.2, 0.25) is 0 Å². The van der Waals surface area contributed by atoms with Crippen molar-refractivity contribution in [3.05, 3.63) is 60.4 Å². The van der Waals surface area contributed by atoms with Gasteiger partial charge in [0.15, 0.2) is 28.7 Å². The molecule has 1 aliphatic carbocycles. The van der Waals surface area contributed by atoms with Gasteiger partial charge in [-0.05, 0) is 43.9 Å². The summed E-state index contributed by atoms with van der Waals surface area (Å²) in [5, 5.41) is 14.0. The summed E-state index contributed by atoms with van der Waals surface area (Å²) in [6, 6.07) is 9.07. The summed E-state index contributed by atoms with van der Waals surface area (Å²) in [6.07, 6.45) is 7.51. The molecule has 4 aromatic rings. The Labute approximate surface area is 218 Å². The maximum atomic E-state index is 14.1. The molecule has 0 spiro atoms. The summed E-state index contributed by atoms with van der Waals surface area (Å²) in [7, 11) is 3.14. The van der Waals surface area contributed by atoms with Gasteiger partial charge in [0.05, 0.1) is 38.0 Å². The van der Waals surface area contributed by atoms with Crippen LogP contribution in [0.15, 0.2) is 48.9 Å². The van der Waals surface area contributed by atoms with E-state index in [1.54, 1.807) is 26.4 Å². The number of amides is 1. The van der Waals surface area contributed by atoms with Gasteiger partial charge in [-0.2, -0.15) is 0 Å². The molecule has 0 atom stereocenters. The lowest BCUT2D eigenvalue weighted by Gasteiger charge is -2.27. The Balaban J connectivity index is 1.51. The van der Waals surface area contributed by atoms with E-state index in [-0.39, 0.29) is 23.5 Å². The third kappa shape index (κ3) is 5.30. The predicted molar refractivity (Wildman–Crippen MR) is 142 cm³/mol. The van der Waals surface area contributed by atoms with Crippen molar-refractivity contribution in [2.75, 3.05) is 30.2 Å². The quantitative estimate of drug-likeness (QED) is 0.272. The third-order valence-electron chi connectivity index (χ3n) is 6.51. The number of nitrogens with two attached hydrogens (primary N) is 1. The number of anilines is 4. The zero-order valence-electron chi connectivity index (χ0n) is 21.1. The Morgan fingerprint density at radius 2 is 1.84 bits per heavy atom. The van der Waals surface area contributed by atoms with Gasteiger partial charge in [0.1, 0.15) is 5.82 Å². The van der Waals surface area contributed by atoms with E-state index in [1.165, 1.54) is 23.0 Å². The van der Waals surface area contributed by atoms with Gasteiger partial charge in [-0.25, -0.2) is 13.9 Å². The van der Waals surface area contributed by atoms with Crippen molar-refractivity contribution >= 4 is 34.4 Å². The van der Waals surface area contributed by atoms with E-state index < -0.39 is 11.7 Å². The first-order chi connectivity index (χ1) is 18.4. The molecule has 1 saturated carbocycles. The summed E-state index contributed by atoms with van der Waals surface area (Å²) in [5.41, 5.74) is 7.96. The average molecular weight is 521 g/mol. The number of nitrogens with one attached hydrogen (secondary N) is 3. The SMILES string of the molecule is COc1ccc(Nc2cc(N[C@H]3CC[C@H](N)CC3)nn3c(C(=O)Nc4ccncc4F)cnc23)cc1OC. The maximum Gasteiger partial charge on any atom is 0.276 e. The minimum atomic E-state index is -0.642. The highest BCUT2D eigenvalue weighted by Gasteiger charge is 2.22. The predicted octanol–water partition coefficient (Wildman–Crippen LogP) is 3.96. The first-order valence-corrected chi connectivity index (χ1v) is 12.3. The molecule has 3 aromatic heterocycles. The van der Waals surface area contributed by atoms with E-state index in [0.29, 0.717) is 28.7 Å². The number of aromatic nitrogens is 4. The molecule has 5 rings (SSSR count). The summed E-state index contributed by atoms with van der Waals surface area (Å²) < 4.78 is 26.3. The highest BCUT2D eigenvalue weighted by atomic mass is 19.1. The van der Waals surface area contributed by atoms with E-state index in [4.69, 9.17) is 15.2 Å². The minimum absolute atomic E-state index is 0.0106. The Bertz CT molecular complexity index is 1450. The summed E-state index contributed by atoms with van der Waals surface area (Å²) in [4.78, 5) is 21.3. The topological polar surface area (TPSA) is 141 Å². The fourth-order valence-electron chi connectivity index (χ4n) is 4.49. The number of ether oxygens (including phenoxy) is 2. The maximum absolute atomic E-state index is 14.1. The fourth-order valence-corrected chi connectivity index (χ4v) is 4.49. The number of hydrogen-bond donors (Lipinski definition) is 4. The summed E-state index contributed by atoms with van der Waals surface area (Å²) >= 11 is 0. The highest BCUT2D eigenvalue weighted by Crippen LogP contribution is 2.33. The van der Waals surface area contributed by atoms with Crippen LogP contribution in [0.4, 0.5) is 27.3 Å². The van der Waals surface area contributed by atoms with E-state index in [2.05, 4.69) is 31.0 Å². The molecule has 0 saturated heterocycles. The van der Waals surface area contributed by atoms with Crippen molar-refractivity contribution < 1.29 is 18.7 Å². The number of methoxy groups -OCH3 is 2. The number of carbonyl (C=O) groups is 1. The van der Waals surface area contributed by atoms with Crippen molar-refractivity contribution in [3.63, 3.8) is 0 Å². The van der Waals surface area contributed by atoms with Crippen LogP contribution in [0.1, 0.15) is 36.2 Å². The molecule has 12 heteroatoms. The number of imidazole rings is 1.